The van der Waals surface area contributed by atoms with Crippen LogP contribution in [0, 0.1) is 0 Å². The summed E-state index contributed by atoms with van der Waals surface area (Å²) in [5.41, 5.74) is 0. The Hall–Kier alpha value is -1.53. The van der Waals surface area contributed by atoms with Gasteiger partial charge in [0.15, 0.2) is 0 Å². The number of halogens is 3. The molecule has 0 radical (unpaired) electrons. The van der Waals surface area contributed by atoms with Gasteiger partial charge in [0.05, 0.1) is 0 Å². The number of hydrogen-bond donors (Lipinski definition) is 2. The molecule has 16 heavy (non-hydrogen) atoms. The summed E-state index contributed by atoms with van der Waals surface area (Å²) >= 11 is 0. The van der Waals surface area contributed by atoms with Crippen molar-refractivity contribution in [3.8, 4) is 0 Å². The lowest BCUT2D eigenvalue weighted by Crippen LogP contribution is -2.40. The minimum Gasteiger partial charge on any atom is -0.351 e. The maximum Gasteiger partial charge on any atom is 0.471 e. The SMILES string of the molecule is CC/C=C/C(=O)NCCNC(=O)C(F)(F)F. The molecule has 4 nitrogen and oxygen atoms in total. The van der Waals surface area contributed by atoms with E-state index in [0.717, 1.165) is 0 Å². The summed E-state index contributed by atoms with van der Waals surface area (Å²) in [6, 6.07) is 0. The van der Waals surface area contributed by atoms with E-state index in [1.54, 1.807) is 11.4 Å². The van der Waals surface area contributed by atoms with Crippen molar-refractivity contribution >= 4 is 11.8 Å². The molecule has 0 aliphatic rings. The van der Waals surface area contributed by atoms with E-state index in [9.17, 15) is 22.8 Å². The number of alkyl halides is 3. The van der Waals surface area contributed by atoms with Crippen LogP contribution in [0.5, 0.6) is 0 Å². The van der Waals surface area contributed by atoms with Crippen LogP contribution >= 0.6 is 0 Å². The fourth-order valence-electron chi connectivity index (χ4n) is 0.746. The molecule has 0 fully saturated rings. The van der Waals surface area contributed by atoms with Crippen molar-refractivity contribution in [2.45, 2.75) is 19.5 Å². The van der Waals surface area contributed by atoms with Gasteiger partial charge in [-0.05, 0) is 12.5 Å². The van der Waals surface area contributed by atoms with Gasteiger partial charge in [-0.2, -0.15) is 13.2 Å². The Kier molecular flexibility index (Phi) is 6.21. The molecule has 2 N–H and O–H groups in total. The molecule has 0 unspecified atom stereocenters. The number of allylic oxidation sites excluding steroid dienone is 1. The van der Waals surface area contributed by atoms with E-state index < -0.39 is 18.0 Å². The van der Waals surface area contributed by atoms with E-state index in [1.807, 2.05) is 6.92 Å². The van der Waals surface area contributed by atoms with Gasteiger partial charge in [-0.25, -0.2) is 0 Å². The van der Waals surface area contributed by atoms with Crippen LogP contribution in [-0.2, 0) is 9.59 Å². The Balaban J connectivity index is 3.65. The van der Waals surface area contributed by atoms with E-state index in [1.165, 1.54) is 6.08 Å². The Labute approximate surface area is 90.9 Å². The number of amides is 2. The minimum atomic E-state index is -4.88. The van der Waals surface area contributed by atoms with Gasteiger partial charge in [-0.15, -0.1) is 0 Å². The minimum absolute atomic E-state index is 0.0469. The first-order valence-corrected chi connectivity index (χ1v) is 4.67. The standard InChI is InChI=1S/C9H13F3N2O2/c1-2-3-4-7(15)13-5-6-14-8(16)9(10,11)12/h3-4H,2,5-6H2,1H3,(H,13,15)(H,14,16)/b4-3+. The summed E-state index contributed by atoms with van der Waals surface area (Å²) < 4.78 is 35.1. The Morgan fingerprint density at radius 2 is 1.75 bits per heavy atom. The first-order chi connectivity index (χ1) is 7.38. The fraction of sp³-hybridized carbons (Fsp3) is 0.556. The third kappa shape index (κ3) is 6.86. The largest absolute Gasteiger partial charge is 0.471 e. The lowest BCUT2D eigenvalue weighted by Gasteiger charge is -2.07. The van der Waals surface area contributed by atoms with Crippen LogP contribution < -0.4 is 10.6 Å². The molecule has 0 bridgehead atoms. The molecule has 7 heteroatoms. The van der Waals surface area contributed by atoms with Crippen LogP contribution in [0.15, 0.2) is 12.2 Å². The predicted octanol–water partition coefficient (Wildman–Crippen LogP) is 0.747. The number of nitrogens with one attached hydrogen (secondary N) is 2. The van der Waals surface area contributed by atoms with E-state index in [4.69, 9.17) is 0 Å². The average molecular weight is 238 g/mol. The quantitative estimate of drug-likeness (QED) is 0.548. The molecule has 0 atom stereocenters. The van der Waals surface area contributed by atoms with Gasteiger partial charge >= 0.3 is 12.1 Å². The number of carbonyl (C=O) groups is 2. The monoisotopic (exact) mass is 238 g/mol. The molecule has 0 spiro atoms. The number of rotatable bonds is 5. The maximum atomic E-state index is 11.7. The van der Waals surface area contributed by atoms with Crippen molar-refractivity contribution in [3.63, 3.8) is 0 Å². The van der Waals surface area contributed by atoms with Crippen molar-refractivity contribution in [1.29, 1.82) is 0 Å². The summed E-state index contributed by atoms with van der Waals surface area (Å²) in [5.74, 6) is -2.41. The molecule has 0 aliphatic carbocycles. The number of hydrogen-bond acceptors (Lipinski definition) is 2. The lowest BCUT2D eigenvalue weighted by atomic mass is 10.4. The second-order valence-electron chi connectivity index (χ2n) is 2.86. The number of carbonyl (C=O) groups excluding carboxylic acids is 2. The molecule has 0 aromatic rings. The highest BCUT2D eigenvalue weighted by atomic mass is 19.4. The Bertz CT molecular complexity index is 274. The highest BCUT2D eigenvalue weighted by Crippen LogP contribution is 2.13. The summed E-state index contributed by atoms with van der Waals surface area (Å²) in [6.07, 6.45) is -1.29. The van der Waals surface area contributed by atoms with Crippen LogP contribution in [0.2, 0.25) is 0 Å². The molecule has 0 aliphatic heterocycles. The van der Waals surface area contributed by atoms with Gasteiger partial charge in [0, 0.05) is 13.1 Å². The van der Waals surface area contributed by atoms with Gasteiger partial charge in [0.2, 0.25) is 5.91 Å². The van der Waals surface area contributed by atoms with E-state index in [-0.39, 0.29) is 13.1 Å². The van der Waals surface area contributed by atoms with Gasteiger partial charge in [0.1, 0.15) is 0 Å². The molecule has 0 saturated heterocycles. The van der Waals surface area contributed by atoms with Crippen molar-refractivity contribution in [2.24, 2.45) is 0 Å². The van der Waals surface area contributed by atoms with E-state index >= 15 is 0 Å². The van der Waals surface area contributed by atoms with E-state index in [0.29, 0.717) is 6.42 Å². The predicted molar refractivity (Wildman–Crippen MR) is 51.5 cm³/mol. The van der Waals surface area contributed by atoms with Crippen molar-refractivity contribution < 1.29 is 22.8 Å². The summed E-state index contributed by atoms with van der Waals surface area (Å²) in [6.45, 7) is 1.53. The van der Waals surface area contributed by atoms with Crippen LogP contribution in [-0.4, -0.2) is 31.1 Å². The van der Waals surface area contributed by atoms with Gasteiger partial charge in [-0.3, -0.25) is 9.59 Å². The molecule has 0 rings (SSSR count). The molecular weight excluding hydrogens is 225 g/mol. The average Bonchev–Trinajstić information content (AvgIpc) is 2.19. The Morgan fingerprint density at radius 3 is 2.25 bits per heavy atom. The molecule has 92 valence electrons. The third-order valence-corrected chi connectivity index (χ3v) is 1.47. The molecule has 0 saturated carbocycles. The Morgan fingerprint density at radius 1 is 1.19 bits per heavy atom. The van der Waals surface area contributed by atoms with Crippen molar-refractivity contribution in [2.75, 3.05) is 13.1 Å². The zero-order chi connectivity index (χ0) is 12.6. The second-order valence-corrected chi connectivity index (χ2v) is 2.86. The van der Waals surface area contributed by atoms with Gasteiger partial charge in [0.25, 0.3) is 0 Å². The maximum absolute atomic E-state index is 11.7. The highest BCUT2D eigenvalue weighted by Gasteiger charge is 2.38. The van der Waals surface area contributed by atoms with Crippen LogP contribution in [0.1, 0.15) is 13.3 Å². The summed E-state index contributed by atoms with van der Waals surface area (Å²) in [4.78, 5) is 21.2. The van der Waals surface area contributed by atoms with Crippen LogP contribution in [0.3, 0.4) is 0 Å². The van der Waals surface area contributed by atoms with Gasteiger partial charge in [-0.1, -0.05) is 13.0 Å². The van der Waals surface area contributed by atoms with Crippen LogP contribution in [0.25, 0.3) is 0 Å². The normalized spacial score (nSPS) is 11.5. The first kappa shape index (κ1) is 14.5. The molecular formula is C9H13F3N2O2. The van der Waals surface area contributed by atoms with Crippen molar-refractivity contribution in [3.05, 3.63) is 12.2 Å². The summed E-state index contributed by atoms with van der Waals surface area (Å²) in [5, 5.41) is 3.95. The third-order valence-electron chi connectivity index (χ3n) is 1.47. The zero-order valence-electron chi connectivity index (χ0n) is 8.73. The molecule has 0 aromatic heterocycles. The van der Waals surface area contributed by atoms with Crippen LogP contribution in [0.4, 0.5) is 13.2 Å². The second kappa shape index (κ2) is 6.86. The smallest absolute Gasteiger partial charge is 0.351 e. The summed E-state index contributed by atoms with van der Waals surface area (Å²) in [7, 11) is 0. The van der Waals surface area contributed by atoms with Gasteiger partial charge < -0.3 is 10.6 Å². The molecule has 2 amide bonds. The zero-order valence-corrected chi connectivity index (χ0v) is 8.73. The topological polar surface area (TPSA) is 58.2 Å². The fourth-order valence-corrected chi connectivity index (χ4v) is 0.746. The molecule has 0 heterocycles. The van der Waals surface area contributed by atoms with E-state index in [2.05, 4.69) is 5.32 Å². The molecule has 0 aromatic carbocycles. The van der Waals surface area contributed by atoms with Crippen molar-refractivity contribution in [1.82, 2.24) is 10.6 Å². The lowest BCUT2D eigenvalue weighted by molar-refractivity contribution is -0.173. The highest BCUT2D eigenvalue weighted by molar-refractivity contribution is 5.87. The first-order valence-electron chi connectivity index (χ1n) is 4.67.